The van der Waals surface area contributed by atoms with Crippen molar-refractivity contribution in [2.75, 3.05) is 0 Å². The van der Waals surface area contributed by atoms with Gasteiger partial charge in [0.05, 0.1) is 33.6 Å². The monoisotopic (exact) mass is 383 g/mol. The Morgan fingerprint density at radius 1 is 0.607 bits per heavy atom. The highest BCUT2D eigenvalue weighted by molar-refractivity contribution is 6.69. The Kier molecular flexibility index (Phi) is 4.20. The SMILES string of the molecule is Cn1c(B2OC(C)(C)C(C)(C)O2)c2ccccc2c1B1OC(C)(C)C(C)(C)O1. The lowest BCUT2D eigenvalue weighted by molar-refractivity contribution is 0.00578. The minimum atomic E-state index is -0.448. The first kappa shape index (κ1) is 20.0. The molecule has 1 aromatic carbocycles. The Bertz CT molecular complexity index is 827. The maximum Gasteiger partial charge on any atom is 0.512 e. The summed E-state index contributed by atoms with van der Waals surface area (Å²) in [6.45, 7) is 16.6. The average Bonchev–Trinajstić information content (AvgIpc) is 3.03. The smallest absolute Gasteiger partial charge is 0.398 e. The van der Waals surface area contributed by atoms with Gasteiger partial charge in [0.1, 0.15) is 0 Å². The van der Waals surface area contributed by atoms with Gasteiger partial charge in [-0.25, -0.2) is 0 Å². The maximum absolute atomic E-state index is 6.37. The van der Waals surface area contributed by atoms with Crippen LogP contribution in [0.4, 0.5) is 0 Å². The van der Waals surface area contributed by atoms with Crippen molar-refractivity contribution in [3.8, 4) is 0 Å². The van der Waals surface area contributed by atoms with Crippen molar-refractivity contribution in [3.63, 3.8) is 0 Å². The van der Waals surface area contributed by atoms with E-state index in [0.717, 1.165) is 22.0 Å². The number of aromatic nitrogens is 1. The molecule has 0 N–H and O–H groups in total. The molecule has 4 rings (SSSR count). The quantitative estimate of drug-likeness (QED) is 0.749. The largest absolute Gasteiger partial charge is 0.512 e. The van der Waals surface area contributed by atoms with E-state index in [9.17, 15) is 0 Å². The third-order valence-corrected chi connectivity index (χ3v) is 7.15. The molecule has 2 aromatic rings. The number of hydrogen-bond acceptors (Lipinski definition) is 4. The summed E-state index contributed by atoms with van der Waals surface area (Å²) in [5.41, 5.74) is 0.417. The minimum absolute atomic E-state index is 0.395. The zero-order valence-electron chi connectivity index (χ0n) is 18.5. The van der Waals surface area contributed by atoms with E-state index in [1.54, 1.807) is 0 Å². The minimum Gasteiger partial charge on any atom is -0.398 e. The highest BCUT2D eigenvalue weighted by Crippen LogP contribution is 2.39. The molecule has 2 fully saturated rings. The van der Waals surface area contributed by atoms with Gasteiger partial charge in [0.2, 0.25) is 0 Å². The topological polar surface area (TPSA) is 41.9 Å². The van der Waals surface area contributed by atoms with E-state index in [-0.39, 0.29) is 0 Å². The lowest BCUT2D eigenvalue weighted by Gasteiger charge is -2.32. The van der Waals surface area contributed by atoms with Crippen LogP contribution in [0.2, 0.25) is 0 Å². The van der Waals surface area contributed by atoms with E-state index in [0.29, 0.717) is 0 Å². The maximum atomic E-state index is 6.37. The Morgan fingerprint density at radius 3 is 1.18 bits per heavy atom. The zero-order chi connectivity index (χ0) is 20.7. The summed E-state index contributed by atoms with van der Waals surface area (Å²) in [5.74, 6) is 0. The standard InChI is InChI=1S/C21H31B2NO4/c1-18(2)19(3,4)26-22(25-18)16-14-12-10-11-13-15(14)17(24(16)9)23-27-20(5,6)21(7,8)28-23/h10-13H,1-9H3. The van der Waals surface area contributed by atoms with Gasteiger partial charge >= 0.3 is 14.2 Å². The van der Waals surface area contributed by atoms with Gasteiger partial charge in [0.15, 0.2) is 0 Å². The molecule has 2 aliphatic heterocycles. The summed E-state index contributed by atoms with van der Waals surface area (Å²) in [7, 11) is 1.15. The molecular formula is C21H31B2NO4. The summed E-state index contributed by atoms with van der Waals surface area (Å²) in [4.78, 5) is 0. The molecule has 0 saturated carbocycles. The van der Waals surface area contributed by atoms with Gasteiger partial charge in [-0.05, 0) is 66.2 Å². The average molecular weight is 383 g/mol. The Labute approximate surface area is 169 Å². The van der Waals surface area contributed by atoms with Crippen molar-refractivity contribution < 1.29 is 18.6 Å². The molecule has 3 heterocycles. The van der Waals surface area contributed by atoms with Crippen LogP contribution in [0.1, 0.15) is 55.4 Å². The Hall–Kier alpha value is -1.27. The van der Waals surface area contributed by atoms with Crippen molar-refractivity contribution in [2.24, 2.45) is 7.05 Å². The van der Waals surface area contributed by atoms with Crippen molar-refractivity contribution in [1.29, 1.82) is 0 Å². The van der Waals surface area contributed by atoms with E-state index >= 15 is 0 Å². The van der Waals surface area contributed by atoms with Gasteiger partial charge in [-0.15, -0.1) is 0 Å². The first-order valence-electron chi connectivity index (χ1n) is 10.1. The van der Waals surface area contributed by atoms with Crippen LogP contribution in [0, 0.1) is 0 Å². The van der Waals surface area contributed by atoms with Gasteiger partial charge in [-0.2, -0.15) is 0 Å². The van der Waals surface area contributed by atoms with Gasteiger partial charge in [0.25, 0.3) is 0 Å². The van der Waals surface area contributed by atoms with Crippen molar-refractivity contribution in [3.05, 3.63) is 24.3 Å². The fourth-order valence-corrected chi connectivity index (χ4v) is 3.90. The van der Waals surface area contributed by atoms with E-state index in [2.05, 4.69) is 72.1 Å². The third-order valence-electron chi connectivity index (χ3n) is 7.15. The first-order valence-corrected chi connectivity index (χ1v) is 10.1. The molecule has 0 unspecified atom stereocenters. The van der Waals surface area contributed by atoms with E-state index < -0.39 is 36.6 Å². The molecule has 2 saturated heterocycles. The third kappa shape index (κ3) is 2.71. The first-order chi connectivity index (χ1) is 12.8. The fourth-order valence-electron chi connectivity index (χ4n) is 3.90. The van der Waals surface area contributed by atoms with Crippen molar-refractivity contribution >= 4 is 36.2 Å². The zero-order valence-corrected chi connectivity index (χ0v) is 18.5. The summed E-state index contributed by atoms with van der Waals surface area (Å²) in [6, 6.07) is 8.32. The highest BCUT2D eigenvalue weighted by atomic mass is 16.7. The van der Waals surface area contributed by atoms with Gasteiger partial charge in [-0.1, -0.05) is 24.3 Å². The van der Waals surface area contributed by atoms with Gasteiger partial charge < -0.3 is 23.2 Å². The lowest BCUT2D eigenvalue weighted by atomic mass is 9.81. The van der Waals surface area contributed by atoms with Crippen LogP contribution >= 0.6 is 0 Å². The highest BCUT2D eigenvalue weighted by Gasteiger charge is 2.56. The van der Waals surface area contributed by atoms with Crippen LogP contribution in [0.15, 0.2) is 24.3 Å². The Balaban J connectivity index is 1.85. The molecule has 0 radical (unpaired) electrons. The molecule has 0 atom stereocenters. The summed E-state index contributed by atoms with van der Waals surface area (Å²) >= 11 is 0. The number of hydrogen-bond donors (Lipinski definition) is 0. The van der Waals surface area contributed by atoms with E-state index in [1.165, 1.54) is 0 Å². The van der Waals surface area contributed by atoms with Gasteiger partial charge in [0, 0.05) is 7.05 Å². The lowest BCUT2D eigenvalue weighted by Crippen LogP contribution is -2.46. The molecule has 0 spiro atoms. The molecule has 2 aliphatic rings. The van der Waals surface area contributed by atoms with E-state index in [1.807, 2.05) is 19.2 Å². The normalized spacial score (nSPS) is 25.0. The van der Waals surface area contributed by atoms with Crippen LogP contribution in [-0.2, 0) is 25.7 Å². The summed E-state index contributed by atoms with van der Waals surface area (Å²) in [5, 5.41) is 2.21. The van der Waals surface area contributed by atoms with E-state index in [4.69, 9.17) is 18.6 Å². The van der Waals surface area contributed by atoms with Crippen LogP contribution in [-0.4, -0.2) is 41.2 Å². The molecule has 5 nitrogen and oxygen atoms in total. The number of fused-ring (bicyclic) bond motifs is 1. The molecular weight excluding hydrogens is 352 g/mol. The molecule has 150 valence electrons. The van der Waals surface area contributed by atoms with Crippen LogP contribution in [0.3, 0.4) is 0 Å². The number of benzene rings is 1. The molecule has 0 aliphatic carbocycles. The molecule has 28 heavy (non-hydrogen) atoms. The second kappa shape index (κ2) is 5.88. The molecule has 7 heteroatoms. The van der Waals surface area contributed by atoms with Crippen molar-refractivity contribution in [2.45, 2.75) is 77.8 Å². The van der Waals surface area contributed by atoms with Crippen LogP contribution < -0.4 is 11.2 Å². The second-order valence-electron chi connectivity index (χ2n) is 10.1. The Morgan fingerprint density at radius 2 is 0.893 bits per heavy atom. The molecule has 1 aromatic heterocycles. The van der Waals surface area contributed by atoms with Gasteiger partial charge in [-0.3, -0.25) is 0 Å². The molecule has 0 amide bonds. The number of nitrogens with zero attached hydrogens (tertiary/aromatic N) is 1. The summed E-state index contributed by atoms with van der Waals surface area (Å²) < 4.78 is 27.6. The van der Waals surface area contributed by atoms with Crippen LogP contribution in [0.25, 0.3) is 10.8 Å². The molecule has 0 bridgehead atoms. The summed E-state index contributed by atoms with van der Waals surface area (Å²) in [6.07, 6.45) is 0. The predicted molar refractivity (Wildman–Crippen MR) is 114 cm³/mol. The predicted octanol–water partition coefficient (Wildman–Crippen LogP) is 2.78. The fraction of sp³-hybridized carbons (Fsp3) is 0.619. The number of rotatable bonds is 2. The second-order valence-corrected chi connectivity index (χ2v) is 10.1. The van der Waals surface area contributed by atoms with Crippen molar-refractivity contribution in [1.82, 2.24) is 4.57 Å². The van der Waals surface area contributed by atoms with Crippen LogP contribution in [0.5, 0.6) is 0 Å².